The summed E-state index contributed by atoms with van der Waals surface area (Å²) in [5, 5.41) is 0. The van der Waals surface area contributed by atoms with Crippen LogP contribution in [0.5, 0.6) is 5.75 Å². The number of aryl methyl sites for hydroxylation is 1. The Morgan fingerprint density at radius 1 is 1.12 bits per heavy atom. The Balaban J connectivity index is 2.04. The van der Waals surface area contributed by atoms with E-state index < -0.39 is 0 Å². The molecule has 0 spiro atoms. The van der Waals surface area contributed by atoms with Crippen LogP contribution in [0.1, 0.15) is 11.1 Å². The Kier molecular flexibility index (Phi) is 3.99. The molecule has 0 heterocycles. The minimum Gasteiger partial charge on any atom is -0.489 e. The minimum atomic E-state index is -0.232. The fourth-order valence-electron chi connectivity index (χ4n) is 1.52. The fraction of sp³-hybridized carbons (Fsp3) is 0.143. The van der Waals surface area contributed by atoms with Gasteiger partial charge >= 0.3 is 0 Å². The number of halogens is 2. The molecule has 3 heteroatoms. The van der Waals surface area contributed by atoms with Crippen LogP contribution in [0.2, 0.25) is 0 Å². The molecule has 0 saturated carbocycles. The first-order valence-electron chi connectivity index (χ1n) is 5.28. The second-order valence-corrected chi connectivity index (χ2v) is 5.07. The summed E-state index contributed by atoms with van der Waals surface area (Å²) in [5.74, 6) is 0.495. The van der Waals surface area contributed by atoms with Gasteiger partial charge in [0.1, 0.15) is 18.2 Å². The zero-order valence-electron chi connectivity index (χ0n) is 9.41. The lowest BCUT2D eigenvalue weighted by Crippen LogP contribution is -1.97. The van der Waals surface area contributed by atoms with Crippen LogP contribution in [0, 0.1) is 16.3 Å². The summed E-state index contributed by atoms with van der Waals surface area (Å²) in [7, 11) is 0. The van der Waals surface area contributed by atoms with E-state index in [1.807, 2.05) is 31.2 Å². The van der Waals surface area contributed by atoms with Crippen LogP contribution in [0.3, 0.4) is 0 Å². The van der Waals surface area contributed by atoms with Gasteiger partial charge in [0.2, 0.25) is 0 Å². The number of ether oxygens (including phenoxy) is 1. The molecule has 0 saturated heterocycles. The first-order chi connectivity index (χ1) is 8.15. The van der Waals surface area contributed by atoms with Gasteiger partial charge in [-0.25, -0.2) is 4.39 Å². The molecule has 0 atom stereocenters. The van der Waals surface area contributed by atoms with Crippen molar-refractivity contribution < 1.29 is 9.13 Å². The van der Waals surface area contributed by atoms with Gasteiger partial charge in [-0.15, -0.1) is 0 Å². The lowest BCUT2D eigenvalue weighted by molar-refractivity contribution is 0.303. The van der Waals surface area contributed by atoms with Crippen LogP contribution in [-0.4, -0.2) is 0 Å². The van der Waals surface area contributed by atoms with Crippen molar-refractivity contribution in [3.8, 4) is 5.75 Å². The molecular weight excluding hydrogens is 330 g/mol. The van der Waals surface area contributed by atoms with Crippen LogP contribution in [0.4, 0.5) is 4.39 Å². The van der Waals surface area contributed by atoms with E-state index in [2.05, 4.69) is 22.6 Å². The van der Waals surface area contributed by atoms with Gasteiger partial charge in [-0.3, -0.25) is 0 Å². The second kappa shape index (κ2) is 5.49. The van der Waals surface area contributed by atoms with E-state index >= 15 is 0 Å². The molecule has 0 fully saturated rings. The van der Waals surface area contributed by atoms with Gasteiger partial charge in [0.25, 0.3) is 0 Å². The van der Waals surface area contributed by atoms with E-state index in [1.165, 1.54) is 15.7 Å². The highest BCUT2D eigenvalue weighted by Crippen LogP contribution is 2.19. The first kappa shape index (κ1) is 12.4. The number of hydrogen-bond donors (Lipinski definition) is 0. The molecule has 1 nitrogen and oxygen atoms in total. The summed E-state index contributed by atoms with van der Waals surface area (Å²) in [6.45, 7) is 2.34. The Morgan fingerprint density at radius 2 is 1.82 bits per heavy atom. The van der Waals surface area contributed by atoms with Crippen LogP contribution in [0.15, 0.2) is 42.5 Å². The van der Waals surface area contributed by atoms with Crippen molar-refractivity contribution >= 4 is 22.6 Å². The maximum atomic E-state index is 12.9. The SMILES string of the molecule is Cc1cc(F)ccc1OCc1ccc(I)cc1. The molecule has 0 aliphatic heterocycles. The first-order valence-corrected chi connectivity index (χ1v) is 6.36. The minimum absolute atomic E-state index is 0.232. The van der Waals surface area contributed by atoms with Crippen molar-refractivity contribution in [1.82, 2.24) is 0 Å². The molecule has 0 aliphatic carbocycles. The Hall–Kier alpha value is -1.10. The van der Waals surface area contributed by atoms with Crippen molar-refractivity contribution in [3.05, 3.63) is 63.0 Å². The van der Waals surface area contributed by atoms with Crippen LogP contribution in [0.25, 0.3) is 0 Å². The van der Waals surface area contributed by atoms with E-state index in [0.29, 0.717) is 6.61 Å². The summed E-state index contributed by atoms with van der Waals surface area (Å²) in [6, 6.07) is 12.7. The smallest absolute Gasteiger partial charge is 0.123 e. The summed E-state index contributed by atoms with van der Waals surface area (Å²) < 4.78 is 19.7. The molecular formula is C14H12FIO. The van der Waals surface area contributed by atoms with E-state index in [0.717, 1.165) is 16.9 Å². The maximum Gasteiger partial charge on any atom is 0.123 e. The summed E-state index contributed by atoms with van der Waals surface area (Å²) in [4.78, 5) is 0. The van der Waals surface area contributed by atoms with Crippen LogP contribution < -0.4 is 4.74 Å². The zero-order valence-corrected chi connectivity index (χ0v) is 11.6. The monoisotopic (exact) mass is 342 g/mol. The molecule has 0 N–H and O–H groups in total. The molecule has 0 unspecified atom stereocenters. The second-order valence-electron chi connectivity index (χ2n) is 3.82. The highest BCUT2D eigenvalue weighted by molar-refractivity contribution is 14.1. The Bertz CT molecular complexity index is 508. The van der Waals surface area contributed by atoms with Crippen LogP contribution in [-0.2, 0) is 6.61 Å². The molecule has 88 valence electrons. The Labute approximate surface area is 114 Å². The van der Waals surface area contributed by atoms with E-state index in [4.69, 9.17) is 4.74 Å². The van der Waals surface area contributed by atoms with E-state index in [9.17, 15) is 4.39 Å². The predicted molar refractivity (Wildman–Crippen MR) is 74.6 cm³/mol. The van der Waals surface area contributed by atoms with Crippen molar-refractivity contribution in [1.29, 1.82) is 0 Å². The lowest BCUT2D eigenvalue weighted by atomic mass is 10.2. The standard InChI is InChI=1S/C14H12FIO/c1-10-8-12(15)4-7-14(10)17-9-11-2-5-13(16)6-3-11/h2-8H,9H2,1H3. The molecule has 0 aromatic heterocycles. The average Bonchev–Trinajstić information content (AvgIpc) is 2.30. The normalized spacial score (nSPS) is 10.3. The quantitative estimate of drug-likeness (QED) is 0.755. The van der Waals surface area contributed by atoms with Crippen LogP contribution >= 0.6 is 22.6 Å². The highest BCUT2D eigenvalue weighted by Gasteiger charge is 2.01. The average molecular weight is 342 g/mol. The van der Waals surface area contributed by atoms with Gasteiger partial charge < -0.3 is 4.74 Å². The van der Waals surface area contributed by atoms with Crippen molar-refractivity contribution in [2.45, 2.75) is 13.5 Å². The third-order valence-electron chi connectivity index (χ3n) is 2.44. The molecule has 2 rings (SSSR count). The molecule has 0 radical (unpaired) electrons. The van der Waals surface area contributed by atoms with Crippen molar-refractivity contribution in [2.24, 2.45) is 0 Å². The summed E-state index contributed by atoms with van der Waals surface area (Å²) >= 11 is 2.26. The third-order valence-corrected chi connectivity index (χ3v) is 3.16. The van der Waals surface area contributed by atoms with E-state index in [1.54, 1.807) is 6.07 Å². The number of benzene rings is 2. The maximum absolute atomic E-state index is 12.9. The van der Waals surface area contributed by atoms with Gasteiger partial charge in [0.05, 0.1) is 0 Å². The molecule has 0 bridgehead atoms. The van der Waals surface area contributed by atoms with Gasteiger partial charge in [-0.1, -0.05) is 12.1 Å². The van der Waals surface area contributed by atoms with E-state index in [-0.39, 0.29) is 5.82 Å². The van der Waals surface area contributed by atoms with Crippen molar-refractivity contribution in [3.63, 3.8) is 0 Å². The summed E-state index contributed by atoms with van der Waals surface area (Å²) in [5.41, 5.74) is 1.92. The summed E-state index contributed by atoms with van der Waals surface area (Å²) in [6.07, 6.45) is 0. The van der Waals surface area contributed by atoms with Gasteiger partial charge in [0.15, 0.2) is 0 Å². The largest absolute Gasteiger partial charge is 0.489 e. The highest BCUT2D eigenvalue weighted by atomic mass is 127. The third kappa shape index (κ3) is 3.43. The lowest BCUT2D eigenvalue weighted by Gasteiger charge is -2.09. The molecule has 2 aromatic rings. The van der Waals surface area contributed by atoms with Gasteiger partial charge in [0, 0.05) is 3.57 Å². The molecule has 0 aliphatic rings. The van der Waals surface area contributed by atoms with Gasteiger partial charge in [-0.2, -0.15) is 0 Å². The Morgan fingerprint density at radius 3 is 2.47 bits per heavy atom. The predicted octanol–water partition coefficient (Wildman–Crippen LogP) is 4.32. The molecule has 17 heavy (non-hydrogen) atoms. The topological polar surface area (TPSA) is 9.23 Å². The molecule has 0 amide bonds. The number of hydrogen-bond acceptors (Lipinski definition) is 1. The van der Waals surface area contributed by atoms with Crippen molar-refractivity contribution in [2.75, 3.05) is 0 Å². The van der Waals surface area contributed by atoms with Gasteiger partial charge in [-0.05, 0) is 71.0 Å². The fourth-order valence-corrected chi connectivity index (χ4v) is 1.88. The number of rotatable bonds is 3. The molecule has 2 aromatic carbocycles. The zero-order chi connectivity index (χ0) is 12.3.